The number of nitrogens with zero attached hydrogens (tertiary/aromatic N) is 2. The Kier molecular flexibility index (Phi) is 26.8. The van der Waals surface area contributed by atoms with E-state index in [1.165, 1.54) is 64.2 Å². The zero-order chi connectivity index (χ0) is 25.7. The summed E-state index contributed by atoms with van der Waals surface area (Å²) in [5.74, 6) is 1.19. The first-order chi connectivity index (χ1) is 17.2. The van der Waals surface area contributed by atoms with Gasteiger partial charge in [-0.2, -0.15) is 22.0 Å². The molecule has 2 N–H and O–H groups in total. The normalized spacial score (nSPS) is 11.2. The van der Waals surface area contributed by atoms with Gasteiger partial charge in [0.15, 0.2) is 0 Å². The molecule has 0 aliphatic carbocycles. The van der Waals surface area contributed by atoms with Crippen LogP contribution in [-0.4, -0.2) is 35.7 Å². The van der Waals surface area contributed by atoms with E-state index >= 15 is 0 Å². The van der Waals surface area contributed by atoms with Crippen LogP contribution >= 0.6 is 11.8 Å². The van der Waals surface area contributed by atoms with Crippen molar-refractivity contribution in [2.45, 2.75) is 116 Å². The second kappa shape index (κ2) is 28.3. The Balaban J connectivity index is 3.42. The van der Waals surface area contributed by atoms with Gasteiger partial charge in [0.05, 0.1) is 0 Å². The summed E-state index contributed by atoms with van der Waals surface area (Å²) in [5.41, 5.74) is 5.15. The smallest absolute Gasteiger partial charge is 0.240 e. The highest BCUT2D eigenvalue weighted by Crippen LogP contribution is 2.09. The average molecular weight is 507 g/mol. The molecule has 0 heterocycles. The van der Waals surface area contributed by atoms with Crippen LogP contribution in [0.1, 0.15) is 116 Å². The highest BCUT2D eigenvalue weighted by Gasteiger charge is 2.02. The summed E-state index contributed by atoms with van der Waals surface area (Å²) in [6.45, 7) is 7.48. The van der Waals surface area contributed by atoms with Gasteiger partial charge in [-0.3, -0.25) is 9.59 Å². The Morgan fingerprint density at radius 1 is 0.571 bits per heavy atom. The number of hydrazone groups is 2. The van der Waals surface area contributed by atoms with Gasteiger partial charge < -0.3 is 0 Å². The van der Waals surface area contributed by atoms with E-state index < -0.39 is 0 Å². The van der Waals surface area contributed by atoms with Gasteiger partial charge in [-0.1, -0.05) is 63.5 Å². The number of nitrogens with one attached hydrogen (secondary N) is 2. The maximum Gasteiger partial charge on any atom is 0.240 e. The zero-order valence-electron chi connectivity index (χ0n) is 22.0. The monoisotopic (exact) mass is 506 g/mol. The predicted molar refractivity (Wildman–Crippen MR) is 154 cm³/mol. The van der Waals surface area contributed by atoms with Crippen molar-refractivity contribution in [3.05, 3.63) is 25.3 Å². The number of hydrogen-bond donors (Lipinski definition) is 2. The van der Waals surface area contributed by atoms with E-state index in [9.17, 15) is 9.59 Å². The molecule has 0 bridgehead atoms. The summed E-state index contributed by atoms with van der Waals surface area (Å²) in [6, 6.07) is 0. The standard InChI is InChI=1S/C28H50N4O2S/c1-3-5-7-9-11-13-15-17-19-23-29-31-27(33)21-25-35-26-22-28(34)32-30-24-20-18-16-14-12-10-8-6-4-2/h3-4,23-24H,1-2,5-22,25-26H2,(H,31,33)(H,32,34)/b29-23-,30-24-. The van der Waals surface area contributed by atoms with Crippen molar-refractivity contribution in [3.8, 4) is 0 Å². The Hall–Kier alpha value is -1.89. The van der Waals surface area contributed by atoms with Crippen molar-refractivity contribution >= 4 is 36.0 Å². The molecule has 0 fully saturated rings. The second-order valence-electron chi connectivity index (χ2n) is 8.78. The van der Waals surface area contributed by atoms with Crippen LogP contribution in [0.15, 0.2) is 35.5 Å². The number of allylic oxidation sites excluding steroid dienone is 2. The van der Waals surface area contributed by atoms with Gasteiger partial charge in [0.1, 0.15) is 0 Å². The molecule has 0 atom stereocenters. The number of rotatable bonds is 26. The first kappa shape index (κ1) is 33.1. The van der Waals surface area contributed by atoms with Crippen LogP contribution in [0, 0.1) is 0 Å². The number of thioether (sulfide) groups is 1. The molecule has 0 aromatic carbocycles. The van der Waals surface area contributed by atoms with Crippen molar-refractivity contribution in [1.29, 1.82) is 0 Å². The fraction of sp³-hybridized carbons (Fsp3) is 0.714. The molecule has 35 heavy (non-hydrogen) atoms. The third-order valence-corrected chi connectivity index (χ3v) is 6.48. The Bertz CT molecular complexity index is 544. The minimum absolute atomic E-state index is 0.0817. The highest BCUT2D eigenvalue weighted by atomic mass is 32.2. The Labute approximate surface area is 218 Å². The number of hydrogen-bond acceptors (Lipinski definition) is 5. The summed E-state index contributed by atoms with van der Waals surface area (Å²) >= 11 is 1.59. The molecular formula is C28H50N4O2S. The Morgan fingerprint density at radius 2 is 0.914 bits per heavy atom. The molecule has 200 valence electrons. The van der Waals surface area contributed by atoms with Crippen molar-refractivity contribution in [1.82, 2.24) is 10.9 Å². The first-order valence-corrected chi connectivity index (χ1v) is 14.8. The third kappa shape index (κ3) is 28.2. The fourth-order valence-electron chi connectivity index (χ4n) is 3.37. The van der Waals surface area contributed by atoms with E-state index in [0.29, 0.717) is 24.3 Å². The van der Waals surface area contributed by atoms with E-state index in [1.807, 2.05) is 12.2 Å². The average Bonchev–Trinajstić information content (AvgIpc) is 2.85. The molecule has 0 saturated carbocycles. The van der Waals surface area contributed by atoms with Gasteiger partial charge >= 0.3 is 0 Å². The molecule has 0 saturated heterocycles. The Morgan fingerprint density at radius 3 is 1.29 bits per heavy atom. The van der Waals surface area contributed by atoms with Crippen LogP contribution in [0.4, 0.5) is 0 Å². The van der Waals surface area contributed by atoms with Gasteiger partial charge in [0.25, 0.3) is 0 Å². The summed E-state index contributed by atoms with van der Waals surface area (Å²) < 4.78 is 0. The van der Waals surface area contributed by atoms with Crippen LogP contribution in [0.25, 0.3) is 0 Å². The molecule has 6 nitrogen and oxygen atoms in total. The largest absolute Gasteiger partial charge is 0.273 e. The van der Waals surface area contributed by atoms with E-state index in [-0.39, 0.29) is 11.8 Å². The molecule has 0 unspecified atom stereocenters. The van der Waals surface area contributed by atoms with Crippen molar-refractivity contribution in [2.24, 2.45) is 10.2 Å². The predicted octanol–water partition coefficient (Wildman–Crippen LogP) is 7.32. The van der Waals surface area contributed by atoms with Gasteiger partial charge in [0, 0.05) is 36.8 Å². The highest BCUT2D eigenvalue weighted by molar-refractivity contribution is 7.99. The molecule has 0 radical (unpaired) electrons. The summed E-state index contributed by atoms with van der Waals surface area (Å²) in [5, 5.41) is 8.02. The van der Waals surface area contributed by atoms with Crippen LogP contribution in [0.2, 0.25) is 0 Å². The number of carbonyl (C=O) groups is 2. The molecule has 0 aromatic heterocycles. The van der Waals surface area contributed by atoms with Gasteiger partial charge in [-0.15, -0.1) is 13.2 Å². The quantitative estimate of drug-likeness (QED) is 0.0558. The van der Waals surface area contributed by atoms with Crippen LogP contribution in [-0.2, 0) is 9.59 Å². The fourth-order valence-corrected chi connectivity index (χ4v) is 4.23. The van der Waals surface area contributed by atoms with E-state index in [0.717, 1.165) is 38.5 Å². The number of unbranched alkanes of at least 4 members (excludes halogenated alkanes) is 14. The lowest BCUT2D eigenvalue weighted by molar-refractivity contribution is -0.121. The minimum Gasteiger partial charge on any atom is -0.273 e. The number of carbonyl (C=O) groups excluding carboxylic acids is 2. The maximum absolute atomic E-state index is 11.8. The van der Waals surface area contributed by atoms with E-state index in [4.69, 9.17) is 0 Å². The van der Waals surface area contributed by atoms with Crippen molar-refractivity contribution in [2.75, 3.05) is 11.5 Å². The van der Waals surface area contributed by atoms with Crippen molar-refractivity contribution < 1.29 is 9.59 Å². The topological polar surface area (TPSA) is 82.9 Å². The first-order valence-electron chi connectivity index (χ1n) is 13.6. The lowest BCUT2D eigenvalue weighted by atomic mass is 10.1. The van der Waals surface area contributed by atoms with E-state index in [2.05, 4.69) is 34.2 Å². The second-order valence-corrected chi connectivity index (χ2v) is 10.0. The number of amides is 2. The van der Waals surface area contributed by atoms with Crippen LogP contribution in [0.5, 0.6) is 0 Å². The molecule has 0 aliphatic rings. The summed E-state index contributed by atoms with van der Waals surface area (Å²) in [7, 11) is 0. The molecule has 7 heteroatoms. The molecular weight excluding hydrogens is 456 g/mol. The molecule has 0 aliphatic heterocycles. The van der Waals surface area contributed by atoms with Gasteiger partial charge in [-0.05, 0) is 51.4 Å². The van der Waals surface area contributed by atoms with Crippen LogP contribution in [0.3, 0.4) is 0 Å². The zero-order valence-corrected chi connectivity index (χ0v) is 22.8. The molecule has 0 spiro atoms. The minimum atomic E-state index is -0.0817. The van der Waals surface area contributed by atoms with Gasteiger partial charge in [-0.25, -0.2) is 10.9 Å². The van der Waals surface area contributed by atoms with Crippen molar-refractivity contribution in [3.63, 3.8) is 0 Å². The summed E-state index contributed by atoms with van der Waals surface area (Å²) in [4.78, 5) is 23.6. The third-order valence-electron chi connectivity index (χ3n) is 5.49. The van der Waals surface area contributed by atoms with Gasteiger partial charge in [0.2, 0.25) is 11.8 Å². The lowest BCUT2D eigenvalue weighted by Gasteiger charge is -2.02. The van der Waals surface area contributed by atoms with E-state index in [1.54, 1.807) is 24.2 Å². The molecule has 2 amide bonds. The summed E-state index contributed by atoms with van der Waals surface area (Å²) in [6.07, 6.45) is 27.2. The molecule has 0 aromatic rings. The lowest BCUT2D eigenvalue weighted by Crippen LogP contribution is -2.19. The maximum atomic E-state index is 11.8. The SMILES string of the molecule is C=CCCCCCCCC/C=N\NC(=O)CCSCCC(=O)N/N=C\CCCCCCCCC=C. The molecule has 0 rings (SSSR count). The van der Waals surface area contributed by atoms with Crippen LogP contribution < -0.4 is 10.9 Å².